The average Bonchev–Trinajstić information content (AvgIpc) is 2.43. The fourth-order valence-corrected chi connectivity index (χ4v) is 2.02. The molecule has 0 saturated heterocycles. The van der Waals surface area contributed by atoms with Crippen LogP contribution in [0.3, 0.4) is 0 Å². The predicted octanol–water partition coefficient (Wildman–Crippen LogP) is 2.09. The number of nitrogens with zero attached hydrogens (tertiary/aromatic N) is 1. The average molecular weight is 261 g/mol. The molecule has 100 valence electrons. The highest BCUT2D eigenvalue weighted by Crippen LogP contribution is 2.27. The second-order valence-corrected chi connectivity index (χ2v) is 4.22. The van der Waals surface area contributed by atoms with Crippen LogP contribution < -0.4 is 16.0 Å². The van der Waals surface area contributed by atoms with Crippen LogP contribution in [0.1, 0.15) is 22.7 Å². The van der Waals surface area contributed by atoms with Gasteiger partial charge >= 0.3 is 0 Å². The van der Waals surface area contributed by atoms with Gasteiger partial charge < -0.3 is 4.74 Å². The number of hydrazine groups is 1. The third-order valence-corrected chi connectivity index (χ3v) is 3.06. The van der Waals surface area contributed by atoms with Gasteiger partial charge in [-0.25, -0.2) is 9.82 Å². The largest absolute Gasteiger partial charge is 0.497 e. The SMILES string of the molecule is COc1ccc(C(NN)c2ccncc2C)c(F)c1. The van der Waals surface area contributed by atoms with E-state index < -0.39 is 6.04 Å². The van der Waals surface area contributed by atoms with E-state index in [1.807, 2.05) is 13.0 Å². The lowest BCUT2D eigenvalue weighted by molar-refractivity contribution is 0.410. The summed E-state index contributed by atoms with van der Waals surface area (Å²) in [5, 5.41) is 0. The number of halogens is 1. The van der Waals surface area contributed by atoms with Crippen molar-refractivity contribution in [3.8, 4) is 5.75 Å². The summed E-state index contributed by atoms with van der Waals surface area (Å²) in [4.78, 5) is 4.02. The Balaban J connectivity index is 2.46. The Labute approximate surface area is 111 Å². The van der Waals surface area contributed by atoms with Gasteiger partial charge in [0.25, 0.3) is 0 Å². The monoisotopic (exact) mass is 261 g/mol. The Morgan fingerprint density at radius 2 is 2.11 bits per heavy atom. The Bertz CT molecular complexity index is 574. The molecule has 2 aromatic rings. The molecule has 1 aromatic carbocycles. The molecular weight excluding hydrogens is 245 g/mol. The molecule has 0 spiro atoms. The van der Waals surface area contributed by atoms with Crippen LogP contribution in [-0.4, -0.2) is 12.1 Å². The number of hydrogen-bond acceptors (Lipinski definition) is 4. The minimum Gasteiger partial charge on any atom is -0.497 e. The third kappa shape index (κ3) is 2.72. The Morgan fingerprint density at radius 1 is 1.32 bits per heavy atom. The van der Waals surface area contributed by atoms with E-state index in [1.165, 1.54) is 13.2 Å². The molecule has 4 nitrogen and oxygen atoms in total. The number of methoxy groups -OCH3 is 1. The number of nitrogens with one attached hydrogen (secondary N) is 1. The van der Waals surface area contributed by atoms with Crippen molar-refractivity contribution in [1.82, 2.24) is 10.4 Å². The van der Waals surface area contributed by atoms with E-state index in [1.54, 1.807) is 24.5 Å². The minimum atomic E-state index is -0.422. The second-order valence-electron chi connectivity index (χ2n) is 4.22. The molecule has 0 aliphatic carbocycles. The quantitative estimate of drug-likeness (QED) is 0.653. The smallest absolute Gasteiger partial charge is 0.132 e. The van der Waals surface area contributed by atoms with Gasteiger partial charge in [0.1, 0.15) is 11.6 Å². The fourth-order valence-electron chi connectivity index (χ4n) is 2.02. The van der Waals surface area contributed by atoms with Crippen LogP contribution in [-0.2, 0) is 0 Å². The summed E-state index contributed by atoms with van der Waals surface area (Å²) in [5.41, 5.74) is 4.95. The second kappa shape index (κ2) is 5.77. The van der Waals surface area contributed by atoms with Crippen LogP contribution in [0.15, 0.2) is 36.7 Å². The number of aromatic nitrogens is 1. The maximum absolute atomic E-state index is 14.1. The summed E-state index contributed by atoms with van der Waals surface area (Å²) in [7, 11) is 1.50. The molecule has 0 radical (unpaired) electrons. The summed E-state index contributed by atoms with van der Waals surface area (Å²) >= 11 is 0. The van der Waals surface area contributed by atoms with E-state index >= 15 is 0 Å². The lowest BCUT2D eigenvalue weighted by Gasteiger charge is -2.19. The van der Waals surface area contributed by atoms with Crippen LogP contribution in [0.25, 0.3) is 0 Å². The van der Waals surface area contributed by atoms with Crippen molar-refractivity contribution in [3.63, 3.8) is 0 Å². The van der Waals surface area contributed by atoms with E-state index in [0.717, 1.165) is 11.1 Å². The molecule has 1 heterocycles. The molecule has 0 aliphatic heterocycles. The molecule has 3 N–H and O–H groups in total. The van der Waals surface area contributed by atoms with E-state index in [2.05, 4.69) is 10.4 Å². The Kier molecular flexibility index (Phi) is 4.09. The first kappa shape index (κ1) is 13.5. The van der Waals surface area contributed by atoms with E-state index in [9.17, 15) is 4.39 Å². The van der Waals surface area contributed by atoms with Gasteiger partial charge in [0.05, 0.1) is 13.2 Å². The van der Waals surface area contributed by atoms with Crippen LogP contribution >= 0.6 is 0 Å². The molecule has 19 heavy (non-hydrogen) atoms. The maximum Gasteiger partial charge on any atom is 0.132 e. The highest BCUT2D eigenvalue weighted by Gasteiger charge is 2.18. The fraction of sp³-hybridized carbons (Fsp3) is 0.214. The van der Waals surface area contributed by atoms with E-state index in [4.69, 9.17) is 10.6 Å². The van der Waals surface area contributed by atoms with Gasteiger partial charge in [-0.1, -0.05) is 6.07 Å². The van der Waals surface area contributed by atoms with Gasteiger partial charge in [-0.3, -0.25) is 10.8 Å². The van der Waals surface area contributed by atoms with Crippen molar-refractivity contribution in [1.29, 1.82) is 0 Å². The first-order valence-electron chi connectivity index (χ1n) is 5.87. The van der Waals surface area contributed by atoms with Crippen molar-refractivity contribution < 1.29 is 9.13 Å². The molecule has 0 fully saturated rings. The molecule has 2 rings (SSSR count). The van der Waals surface area contributed by atoms with Crippen molar-refractivity contribution in [2.45, 2.75) is 13.0 Å². The van der Waals surface area contributed by atoms with Gasteiger partial charge in [0, 0.05) is 24.0 Å². The van der Waals surface area contributed by atoms with Gasteiger partial charge in [-0.15, -0.1) is 0 Å². The minimum absolute atomic E-state index is 0.362. The maximum atomic E-state index is 14.1. The summed E-state index contributed by atoms with van der Waals surface area (Å²) in [6.45, 7) is 1.91. The third-order valence-electron chi connectivity index (χ3n) is 3.06. The Morgan fingerprint density at radius 3 is 2.68 bits per heavy atom. The number of ether oxygens (including phenoxy) is 1. The van der Waals surface area contributed by atoms with Crippen LogP contribution in [0.2, 0.25) is 0 Å². The molecular formula is C14H16FN3O. The number of pyridine rings is 1. The van der Waals surface area contributed by atoms with Gasteiger partial charge in [-0.05, 0) is 30.2 Å². The normalized spacial score (nSPS) is 12.2. The first-order valence-corrected chi connectivity index (χ1v) is 5.87. The van der Waals surface area contributed by atoms with E-state index in [-0.39, 0.29) is 5.82 Å². The molecule has 1 atom stereocenters. The van der Waals surface area contributed by atoms with Gasteiger partial charge in [0.2, 0.25) is 0 Å². The highest BCUT2D eigenvalue weighted by atomic mass is 19.1. The number of benzene rings is 1. The molecule has 5 heteroatoms. The van der Waals surface area contributed by atoms with Crippen molar-refractivity contribution >= 4 is 0 Å². The van der Waals surface area contributed by atoms with Crippen LogP contribution in [0.5, 0.6) is 5.75 Å². The highest BCUT2D eigenvalue weighted by molar-refractivity contribution is 5.38. The lowest BCUT2D eigenvalue weighted by atomic mass is 9.96. The van der Waals surface area contributed by atoms with Crippen molar-refractivity contribution in [3.05, 3.63) is 59.2 Å². The summed E-state index contributed by atoms with van der Waals surface area (Å²) in [6, 6.07) is 6.12. The topological polar surface area (TPSA) is 60.2 Å². The van der Waals surface area contributed by atoms with Crippen LogP contribution in [0, 0.1) is 12.7 Å². The molecule has 0 saturated carbocycles. The summed E-state index contributed by atoms with van der Waals surface area (Å²) in [5.74, 6) is 5.69. The summed E-state index contributed by atoms with van der Waals surface area (Å²) in [6.07, 6.45) is 3.38. The number of nitrogens with two attached hydrogens (primary N) is 1. The summed E-state index contributed by atoms with van der Waals surface area (Å²) < 4.78 is 19.1. The zero-order chi connectivity index (χ0) is 13.8. The van der Waals surface area contributed by atoms with Crippen molar-refractivity contribution in [2.24, 2.45) is 5.84 Å². The molecule has 1 aromatic heterocycles. The van der Waals surface area contributed by atoms with Gasteiger partial charge in [0.15, 0.2) is 0 Å². The predicted molar refractivity (Wildman–Crippen MR) is 71.1 cm³/mol. The molecule has 1 unspecified atom stereocenters. The first-order chi connectivity index (χ1) is 9.17. The number of aryl methyl sites for hydroxylation is 1. The van der Waals surface area contributed by atoms with E-state index in [0.29, 0.717) is 11.3 Å². The Hall–Kier alpha value is -1.98. The molecule has 0 amide bonds. The lowest BCUT2D eigenvalue weighted by Crippen LogP contribution is -2.30. The zero-order valence-corrected chi connectivity index (χ0v) is 10.9. The molecule has 0 bridgehead atoms. The van der Waals surface area contributed by atoms with Gasteiger partial charge in [-0.2, -0.15) is 0 Å². The standard InChI is InChI=1S/C14H16FN3O/c1-9-8-17-6-5-11(9)14(18-16)12-4-3-10(19-2)7-13(12)15/h3-8,14,18H,16H2,1-2H3. The number of rotatable bonds is 4. The van der Waals surface area contributed by atoms with Crippen LogP contribution in [0.4, 0.5) is 4.39 Å². The van der Waals surface area contributed by atoms with Crippen molar-refractivity contribution in [2.75, 3.05) is 7.11 Å². The number of hydrogen-bond donors (Lipinski definition) is 2. The zero-order valence-electron chi connectivity index (χ0n) is 10.9. The molecule has 0 aliphatic rings.